The van der Waals surface area contributed by atoms with Gasteiger partial charge in [0.25, 0.3) is 5.91 Å². The average Bonchev–Trinajstić information content (AvgIpc) is 3.20. The van der Waals surface area contributed by atoms with Gasteiger partial charge in [-0.3, -0.25) is 4.79 Å². The average molecular weight is 486 g/mol. The molecule has 1 aromatic carbocycles. The van der Waals surface area contributed by atoms with Gasteiger partial charge in [-0.1, -0.05) is 15.3 Å². The van der Waals surface area contributed by atoms with Gasteiger partial charge in [-0.05, 0) is 42.3 Å². The molecule has 0 aliphatic carbocycles. The molecule has 1 saturated heterocycles. The molecule has 0 saturated carbocycles. The minimum atomic E-state index is -1.20. The molecule has 1 aliphatic heterocycles. The lowest BCUT2D eigenvalue weighted by molar-refractivity contribution is -0.0241. The zero-order chi connectivity index (χ0) is 24.4. The monoisotopic (exact) mass is 486 g/mol. The van der Waals surface area contributed by atoms with Crippen molar-refractivity contribution in [2.24, 2.45) is 0 Å². The predicted octanol–water partition coefficient (Wildman–Crippen LogP) is 3.52. The number of methoxy groups -OCH3 is 1. The molecular weight excluding hydrogens is 458 g/mol. The molecule has 2 aromatic heterocycles. The molecule has 3 atom stereocenters. The van der Waals surface area contributed by atoms with Gasteiger partial charge >= 0.3 is 6.09 Å². The Morgan fingerprint density at radius 1 is 1.35 bits per heavy atom. The number of imidazole rings is 1. The molecule has 180 valence electrons. The summed E-state index contributed by atoms with van der Waals surface area (Å²) in [6.45, 7) is 3.20. The van der Waals surface area contributed by atoms with Crippen LogP contribution in [0, 0.1) is 6.92 Å². The standard InChI is InChI=1S/C24H28FN4O4P/c1-14-10-16(23(30)26-2)4-5-18(14)21-19(12-17-13-28(8-9-33-17)24(31)32-3)29-7-6-15(22(25)34)11-20(29)27-21/h4-7,10-11,17,22H,8-9,12-13,34H2,1-3H3,(H,26,30)/t17-,22?/m0/s1. The first kappa shape index (κ1) is 24.1. The molecule has 0 radical (unpaired) electrons. The van der Waals surface area contributed by atoms with Crippen LogP contribution in [-0.2, 0) is 15.9 Å². The summed E-state index contributed by atoms with van der Waals surface area (Å²) < 4.78 is 26.7. The van der Waals surface area contributed by atoms with Gasteiger partial charge in [-0.25, -0.2) is 14.2 Å². The molecule has 0 bridgehead atoms. The minimum absolute atomic E-state index is 0.164. The number of amides is 2. The van der Waals surface area contributed by atoms with E-state index in [0.717, 1.165) is 22.5 Å². The number of aromatic nitrogens is 2. The van der Waals surface area contributed by atoms with Crippen molar-refractivity contribution in [3.05, 3.63) is 58.9 Å². The number of pyridine rings is 1. The number of morpholine rings is 1. The molecule has 8 nitrogen and oxygen atoms in total. The smallest absolute Gasteiger partial charge is 0.409 e. The molecule has 3 aromatic rings. The molecule has 3 heterocycles. The second kappa shape index (κ2) is 10.1. The summed E-state index contributed by atoms with van der Waals surface area (Å²) in [5.41, 5.74) is 5.06. The molecule has 2 amide bonds. The van der Waals surface area contributed by atoms with Crippen LogP contribution in [0.25, 0.3) is 16.9 Å². The van der Waals surface area contributed by atoms with Crippen LogP contribution in [0.4, 0.5) is 9.18 Å². The SMILES string of the molecule is CNC(=O)c1ccc(-c2nc3cc(C(F)P)ccn3c2C[C@H]2CN(C(=O)OC)CCO2)c(C)c1. The molecular formula is C24H28FN4O4P. The number of carbonyl (C=O) groups is 2. The summed E-state index contributed by atoms with van der Waals surface area (Å²) >= 11 is 0. The van der Waals surface area contributed by atoms with Gasteiger partial charge in [0.1, 0.15) is 11.6 Å². The fourth-order valence-electron chi connectivity index (χ4n) is 4.26. The van der Waals surface area contributed by atoms with Gasteiger partial charge in [0.05, 0.1) is 37.8 Å². The Balaban J connectivity index is 1.77. The first-order valence-electron chi connectivity index (χ1n) is 11.0. The number of ether oxygens (including phenoxy) is 2. The van der Waals surface area contributed by atoms with Crippen molar-refractivity contribution in [2.45, 2.75) is 25.4 Å². The number of fused-ring (bicyclic) bond motifs is 1. The van der Waals surface area contributed by atoms with Crippen molar-refractivity contribution in [3.8, 4) is 11.3 Å². The van der Waals surface area contributed by atoms with Crippen LogP contribution in [0.3, 0.4) is 0 Å². The Labute approximate surface area is 199 Å². The normalized spacial score (nSPS) is 17.0. The summed E-state index contributed by atoms with van der Waals surface area (Å²) in [6.07, 6.45) is 1.65. The summed E-state index contributed by atoms with van der Waals surface area (Å²) in [6, 6.07) is 8.91. The molecule has 0 spiro atoms. The Morgan fingerprint density at radius 3 is 2.82 bits per heavy atom. The van der Waals surface area contributed by atoms with Crippen molar-refractivity contribution in [1.82, 2.24) is 19.6 Å². The highest BCUT2D eigenvalue weighted by molar-refractivity contribution is 7.16. The number of carbonyl (C=O) groups excluding carboxylic acids is 2. The van der Waals surface area contributed by atoms with Gasteiger partial charge in [-0.15, -0.1) is 0 Å². The first-order chi connectivity index (χ1) is 16.3. The Bertz CT molecular complexity index is 1230. The second-order valence-corrected chi connectivity index (χ2v) is 8.80. The highest BCUT2D eigenvalue weighted by Gasteiger charge is 2.28. The molecule has 34 heavy (non-hydrogen) atoms. The highest BCUT2D eigenvalue weighted by atomic mass is 31.0. The second-order valence-electron chi connectivity index (χ2n) is 8.22. The number of aryl methyl sites for hydroxylation is 1. The van der Waals surface area contributed by atoms with E-state index in [1.807, 2.05) is 29.7 Å². The summed E-state index contributed by atoms with van der Waals surface area (Å²) in [4.78, 5) is 30.6. The van der Waals surface area contributed by atoms with Crippen molar-refractivity contribution in [3.63, 3.8) is 0 Å². The quantitative estimate of drug-likeness (QED) is 0.558. The van der Waals surface area contributed by atoms with Crippen LogP contribution in [-0.4, -0.2) is 66.2 Å². The topological polar surface area (TPSA) is 85.2 Å². The van der Waals surface area contributed by atoms with Crippen molar-refractivity contribution in [1.29, 1.82) is 0 Å². The van der Waals surface area contributed by atoms with Crippen LogP contribution in [0.2, 0.25) is 0 Å². The van der Waals surface area contributed by atoms with E-state index in [1.54, 1.807) is 30.1 Å². The number of benzene rings is 1. The lowest BCUT2D eigenvalue weighted by Gasteiger charge is -2.32. The summed E-state index contributed by atoms with van der Waals surface area (Å²) in [7, 11) is 5.11. The number of hydrogen-bond acceptors (Lipinski definition) is 5. The molecule has 1 aliphatic rings. The molecule has 2 unspecified atom stereocenters. The number of rotatable bonds is 5. The number of nitrogens with one attached hydrogen (secondary N) is 1. The Morgan fingerprint density at radius 2 is 2.15 bits per heavy atom. The van der Waals surface area contributed by atoms with Gasteiger partial charge in [-0.2, -0.15) is 0 Å². The summed E-state index contributed by atoms with van der Waals surface area (Å²) in [5.74, 6) is -1.36. The number of alkyl halides is 1. The highest BCUT2D eigenvalue weighted by Crippen LogP contribution is 2.32. The van der Waals surface area contributed by atoms with E-state index in [-0.39, 0.29) is 18.1 Å². The minimum Gasteiger partial charge on any atom is -0.453 e. The Hall–Kier alpha value is -3.03. The van der Waals surface area contributed by atoms with Crippen LogP contribution >= 0.6 is 9.24 Å². The zero-order valence-corrected chi connectivity index (χ0v) is 20.5. The third kappa shape index (κ3) is 4.76. The fourth-order valence-corrected chi connectivity index (χ4v) is 4.47. The largest absolute Gasteiger partial charge is 0.453 e. The van der Waals surface area contributed by atoms with E-state index in [2.05, 4.69) is 14.6 Å². The van der Waals surface area contributed by atoms with Crippen LogP contribution < -0.4 is 5.32 Å². The predicted molar refractivity (Wildman–Crippen MR) is 130 cm³/mol. The van der Waals surface area contributed by atoms with Crippen LogP contribution in [0.1, 0.15) is 33.1 Å². The third-order valence-corrected chi connectivity index (χ3v) is 6.42. The lowest BCUT2D eigenvalue weighted by atomic mass is 9.99. The van der Waals surface area contributed by atoms with E-state index in [1.165, 1.54) is 7.11 Å². The summed E-state index contributed by atoms with van der Waals surface area (Å²) in [5, 5.41) is 2.63. The van der Waals surface area contributed by atoms with Crippen LogP contribution in [0.15, 0.2) is 36.5 Å². The van der Waals surface area contributed by atoms with E-state index < -0.39 is 5.91 Å². The number of hydrogen-bond donors (Lipinski definition) is 1. The van der Waals surface area contributed by atoms with Crippen LogP contribution in [0.5, 0.6) is 0 Å². The van der Waals surface area contributed by atoms with Gasteiger partial charge in [0, 0.05) is 37.3 Å². The molecule has 1 N–H and O–H groups in total. The zero-order valence-electron chi connectivity index (χ0n) is 19.4. The first-order valence-corrected chi connectivity index (χ1v) is 11.7. The van der Waals surface area contributed by atoms with Gasteiger partial charge < -0.3 is 24.1 Å². The molecule has 10 heteroatoms. The van der Waals surface area contributed by atoms with Crippen molar-refractivity contribution < 1.29 is 23.5 Å². The van der Waals surface area contributed by atoms with Gasteiger partial charge in [0.2, 0.25) is 0 Å². The van der Waals surface area contributed by atoms with E-state index in [9.17, 15) is 14.0 Å². The third-order valence-electron chi connectivity index (χ3n) is 6.03. The van der Waals surface area contributed by atoms with Gasteiger partial charge in [0.15, 0.2) is 0 Å². The van der Waals surface area contributed by atoms with Crippen molar-refractivity contribution in [2.75, 3.05) is 33.9 Å². The number of halogens is 1. The van der Waals surface area contributed by atoms with E-state index in [4.69, 9.17) is 14.5 Å². The maximum Gasteiger partial charge on any atom is 0.409 e. The Kier molecular flexibility index (Phi) is 7.14. The van der Waals surface area contributed by atoms with E-state index in [0.29, 0.717) is 42.9 Å². The fraction of sp³-hybridized carbons (Fsp3) is 0.375. The van der Waals surface area contributed by atoms with E-state index >= 15 is 0 Å². The maximum atomic E-state index is 14.0. The van der Waals surface area contributed by atoms with Crippen molar-refractivity contribution >= 4 is 26.9 Å². The molecule has 1 fully saturated rings. The number of nitrogens with zero attached hydrogens (tertiary/aromatic N) is 3. The lowest BCUT2D eigenvalue weighted by Crippen LogP contribution is -2.46. The maximum absolute atomic E-state index is 14.0. The molecule has 4 rings (SSSR count).